The summed E-state index contributed by atoms with van der Waals surface area (Å²) in [4.78, 5) is 47.8. The fraction of sp³-hybridized carbons (Fsp3) is 0.182. The average Bonchev–Trinajstić information content (AvgIpc) is 3.66. The first-order chi connectivity index (χ1) is 21.4. The number of carbonyl (C=O) groups excluding carboxylic acids is 2. The molecule has 2 unspecified atom stereocenters. The number of ether oxygens (including phenoxy) is 1. The number of carbonyl (C=O) groups is 3. The number of amides is 2. The molecule has 2 amide bonds. The molecule has 0 saturated carbocycles. The van der Waals surface area contributed by atoms with E-state index >= 15 is 0 Å². The highest BCUT2D eigenvalue weighted by Crippen LogP contribution is 2.34. The first-order valence-electron chi connectivity index (χ1n) is 14.0. The molecule has 3 aromatic carbocycles. The van der Waals surface area contributed by atoms with E-state index in [9.17, 15) is 19.5 Å². The van der Waals surface area contributed by atoms with Crippen LogP contribution < -0.4 is 15.4 Å². The average molecular weight is 592 g/mol. The maximum absolute atomic E-state index is 12.9. The van der Waals surface area contributed by atoms with E-state index in [1.165, 1.54) is 12.4 Å². The van der Waals surface area contributed by atoms with E-state index < -0.39 is 11.9 Å². The van der Waals surface area contributed by atoms with Gasteiger partial charge in [-0.25, -0.2) is 0 Å². The second kappa shape index (κ2) is 12.3. The van der Waals surface area contributed by atoms with E-state index in [0.29, 0.717) is 39.8 Å². The van der Waals surface area contributed by atoms with E-state index in [2.05, 4.69) is 20.6 Å². The second-order valence-electron chi connectivity index (χ2n) is 10.5. The van der Waals surface area contributed by atoms with Crippen molar-refractivity contribution in [2.45, 2.75) is 12.3 Å². The predicted molar refractivity (Wildman–Crippen MR) is 163 cm³/mol. The minimum absolute atomic E-state index is 0.115. The number of aliphatic carboxylic acids is 1. The summed E-state index contributed by atoms with van der Waals surface area (Å²) in [6, 6.07) is 23.5. The Bertz CT molecular complexity index is 1820. The smallest absolute Gasteiger partial charge is 0.308 e. The van der Waals surface area contributed by atoms with Crippen LogP contribution in [0.3, 0.4) is 0 Å². The first kappa shape index (κ1) is 28.4. The van der Waals surface area contributed by atoms with E-state index in [1.54, 1.807) is 60.5 Å². The number of methoxy groups -OCH3 is 1. The lowest BCUT2D eigenvalue weighted by Gasteiger charge is -2.17. The number of benzene rings is 3. The highest BCUT2D eigenvalue weighted by molar-refractivity contribution is 5.95. The van der Waals surface area contributed by atoms with Gasteiger partial charge in [0.1, 0.15) is 11.3 Å². The molecule has 1 saturated heterocycles. The van der Waals surface area contributed by atoms with E-state index in [1.807, 2.05) is 30.3 Å². The standard InChI is InChI=1S/C33H29N5O6/c1-43-28-5-3-2-4-26(28)36-33-37-27-11-6-20(16-29(27)44-33)17-30(39)35-23-9-7-21(8-10-23)24-18-38(19-25(24)32(41)42)31(40)22-12-14-34-15-13-22/h2-16,24-25H,17-19H2,1H3,(H,35,39)(H,36,37)(H,41,42). The number of rotatable bonds is 9. The van der Waals surface area contributed by atoms with Crippen molar-refractivity contribution in [3.8, 4) is 5.75 Å². The largest absolute Gasteiger partial charge is 0.495 e. The summed E-state index contributed by atoms with van der Waals surface area (Å²) in [5.41, 5.74) is 4.49. The van der Waals surface area contributed by atoms with Gasteiger partial charge in [0, 0.05) is 42.7 Å². The van der Waals surface area contributed by atoms with E-state index in [0.717, 1.165) is 11.1 Å². The normalized spacial score (nSPS) is 16.1. The monoisotopic (exact) mass is 591 g/mol. The predicted octanol–water partition coefficient (Wildman–Crippen LogP) is 5.10. The number of oxazole rings is 1. The van der Waals surface area contributed by atoms with Gasteiger partial charge >= 0.3 is 5.97 Å². The van der Waals surface area contributed by atoms with Gasteiger partial charge in [-0.2, -0.15) is 4.98 Å². The van der Waals surface area contributed by atoms with Crippen molar-refractivity contribution in [2.75, 3.05) is 30.8 Å². The van der Waals surface area contributed by atoms with Gasteiger partial charge < -0.3 is 29.8 Å². The number of hydrogen-bond donors (Lipinski definition) is 3. The molecular formula is C33H29N5O6. The van der Waals surface area contributed by atoms with Crippen molar-refractivity contribution in [3.05, 3.63) is 108 Å². The zero-order chi connectivity index (χ0) is 30.6. The fourth-order valence-corrected chi connectivity index (χ4v) is 5.43. The van der Waals surface area contributed by atoms with Crippen molar-refractivity contribution < 1.29 is 28.6 Å². The lowest BCUT2D eigenvalue weighted by atomic mass is 9.89. The molecule has 2 atom stereocenters. The molecular weight excluding hydrogens is 562 g/mol. The van der Waals surface area contributed by atoms with Crippen molar-refractivity contribution in [3.63, 3.8) is 0 Å². The molecule has 0 radical (unpaired) electrons. The minimum atomic E-state index is -0.955. The van der Waals surface area contributed by atoms with Crippen LogP contribution in [0.4, 0.5) is 17.4 Å². The summed E-state index contributed by atoms with van der Waals surface area (Å²) in [7, 11) is 1.59. The Labute approximate surface area is 252 Å². The van der Waals surface area contributed by atoms with Crippen LogP contribution in [-0.2, 0) is 16.0 Å². The number of nitrogens with zero attached hydrogens (tertiary/aromatic N) is 3. The van der Waals surface area contributed by atoms with Crippen LogP contribution in [0.2, 0.25) is 0 Å². The van der Waals surface area contributed by atoms with Crippen LogP contribution in [-0.4, -0.2) is 58.0 Å². The molecule has 0 bridgehead atoms. The summed E-state index contributed by atoms with van der Waals surface area (Å²) >= 11 is 0. The second-order valence-corrected chi connectivity index (χ2v) is 10.5. The lowest BCUT2D eigenvalue weighted by molar-refractivity contribution is -0.141. The van der Waals surface area contributed by atoms with Gasteiger partial charge in [0.25, 0.3) is 11.9 Å². The summed E-state index contributed by atoms with van der Waals surface area (Å²) in [5, 5.41) is 15.9. The third kappa shape index (κ3) is 6.07. The van der Waals surface area contributed by atoms with E-state index in [-0.39, 0.29) is 37.2 Å². The van der Waals surface area contributed by atoms with Crippen molar-refractivity contribution in [1.82, 2.24) is 14.9 Å². The molecule has 0 spiro atoms. The quantitative estimate of drug-likeness (QED) is 0.213. The molecule has 1 aliphatic heterocycles. The zero-order valence-electron chi connectivity index (χ0n) is 23.8. The summed E-state index contributed by atoms with van der Waals surface area (Å²) in [5.74, 6) is -1.86. The number of aromatic nitrogens is 2. The zero-order valence-corrected chi connectivity index (χ0v) is 23.8. The Morgan fingerprint density at radius 1 is 1.00 bits per heavy atom. The van der Waals surface area contributed by atoms with Gasteiger partial charge in [0.15, 0.2) is 5.58 Å². The van der Waals surface area contributed by atoms with Gasteiger partial charge in [0.2, 0.25) is 5.91 Å². The SMILES string of the molecule is COc1ccccc1Nc1nc2ccc(CC(=O)Nc3ccc(C4CN(C(=O)c5ccncc5)CC4C(=O)O)cc3)cc2o1. The number of pyridine rings is 1. The molecule has 5 aromatic rings. The number of carboxylic acid groups (broad SMARTS) is 1. The number of para-hydroxylation sites is 2. The Morgan fingerprint density at radius 3 is 2.52 bits per heavy atom. The summed E-state index contributed by atoms with van der Waals surface area (Å²) in [6.07, 6.45) is 3.18. The van der Waals surface area contributed by atoms with Crippen LogP contribution in [0.15, 0.2) is 95.7 Å². The summed E-state index contributed by atoms with van der Waals surface area (Å²) in [6.45, 7) is 0.400. The van der Waals surface area contributed by atoms with Crippen molar-refractivity contribution in [1.29, 1.82) is 0 Å². The number of hydrogen-bond acceptors (Lipinski definition) is 8. The Balaban J connectivity index is 1.09. The van der Waals surface area contributed by atoms with E-state index in [4.69, 9.17) is 9.15 Å². The van der Waals surface area contributed by atoms with Crippen LogP contribution in [0.5, 0.6) is 5.75 Å². The molecule has 2 aromatic heterocycles. The maximum Gasteiger partial charge on any atom is 0.308 e. The van der Waals surface area contributed by atoms with Crippen molar-refractivity contribution >= 4 is 46.3 Å². The van der Waals surface area contributed by atoms with Gasteiger partial charge in [-0.05, 0) is 59.7 Å². The number of nitrogens with one attached hydrogen (secondary N) is 2. The molecule has 3 heterocycles. The number of likely N-dealkylation sites (tertiary alicyclic amines) is 1. The molecule has 11 heteroatoms. The Morgan fingerprint density at radius 2 is 1.77 bits per heavy atom. The molecule has 0 aliphatic carbocycles. The van der Waals surface area contributed by atoms with Gasteiger partial charge in [0.05, 0.1) is 25.1 Å². The highest BCUT2D eigenvalue weighted by atomic mass is 16.5. The highest BCUT2D eigenvalue weighted by Gasteiger charge is 2.40. The molecule has 3 N–H and O–H groups in total. The van der Waals surface area contributed by atoms with Gasteiger partial charge in [-0.1, -0.05) is 30.3 Å². The Kier molecular flexibility index (Phi) is 7.92. The lowest BCUT2D eigenvalue weighted by Crippen LogP contribution is -2.29. The molecule has 11 nitrogen and oxygen atoms in total. The Hall–Kier alpha value is -5.71. The number of anilines is 3. The van der Waals surface area contributed by atoms with Gasteiger partial charge in [-0.3, -0.25) is 19.4 Å². The topological polar surface area (TPSA) is 147 Å². The van der Waals surface area contributed by atoms with Crippen LogP contribution >= 0.6 is 0 Å². The third-order valence-electron chi connectivity index (χ3n) is 7.64. The summed E-state index contributed by atoms with van der Waals surface area (Å²) < 4.78 is 11.2. The molecule has 6 rings (SSSR count). The fourth-order valence-electron chi connectivity index (χ4n) is 5.43. The van der Waals surface area contributed by atoms with Gasteiger partial charge in [-0.15, -0.1) is 0 Å². The first-order valence-corrected chi connectivity index (χ1v) is 14.0. The molecule has 1 aliphatic rings. The molecule has 222 valence electrons. The number of carboxylic acids is 1. The maximum atomic E-state index is 12.9. The van der Waals surface area contributed by atoms with Crippen molar-refractivity contribution in [2.24, 2.45) is 5.92 Å². The number of fused-ring (bicyclic) bond motifs is 1. The molecule has 44 heavy (non-hydrogen) atoms. The van der Waals surface area contributed by atoms with Crippen LogP contribution in [0.25, 0.3) is 11.1 Å². The molecule has 1 fully saturated rings. The minimum Gasteiger partial charge on any atom is -0.495 e. The third-order valence-corrected chi connectivity index (χ3v) is 7.64. The van der Waals surface area contributed by atoms with Crippen LogP contribution in [0.1, 0.15) is 27.4 Å². The van der Waals surface area contributed by atoms with Crippen LogP contribution in [0, 0.1) is 5.92 Å².